The fourth-order valence-electron chi connectivity index (χ4n) is 2.04. The molecule has 0 atom stereocenters. The monoisotopic (exact) mass is 298 g/mol. The topological polar surface area (TPSA) is 49.4 Å². The lowest BCUT2D eigenvalue weighted by Crippen LogP contribution is -2.35. The second-order valence-electron chi connectivity index (χ2n) is 6.42. The van der Waals surface area contributed by atoms with E-state index in [2.05, 4.69) is 5.32 Å². The van der Waals surface area contributed by atoms with Crippen LogP contribution in [0.25, 0.3) is 0 Å². The number of hydrogen-bond acceptors (Lipinski definition) is 3. The van der Waals surface area contributed by atoms with Crippen LogP contribution in [0.1, 0.15) is 31.9 Å². The quantitative estimate of drug-likeness (QED) is 0.876. The maximum atomic E-state index is 12.3. The van der Waals surface area contributed by atoms with Gasteiger partial charge in [0.2, 0.25) is 10.0 Å². The maximum Gasteiger partial charge on any atom is 0.218 e. The van der Waals surface area contributed by atoms with Crippen LogP contribution in [0.15, 0.2) is 24.3 Å². The molecule has 0 saturated heterocycles. The minimum Gasteiger partial charge on any atom is -0.316 e. The first-order chi connectivity index (χ1) is 9.14. The van der Waals surface area contributed by atoms with Crippen LogP contribution in [-0.2, 0) is 22.3 Å². The van der Waals surface area contributed by atoms with Crippen LogP contribution in [-0.4, -0.2) is 33.4 Å². The van der Waals surface area contributed by atoms with Gasteiger partial charge in [0, 0.05) is 20.1 Å². The maximum absolute atomic E-state index is 12.3. The highest BCUT2D eigenvalue weighted by molar-refractivity contribution is 7.88. The average molecular weight is 298 g/mol. The molecule has 20 heavy (non-hydrogen) atoms. The predicted octanol–water partition coefficient (Wildman–Crippen LogP) is 2.21. The zero-order chi connectivity index (χ0) is 15.4. The van der Waals surface area contributed by atoms with Crippen LogP contribution >= 0.6 is 0 Å². The molecule has 1 aromatic carbocycles. The molecule has 0 amide bonds. The highest BCUT2D eigenvalue weighted by Crippen LogP contribution is 2.18. The van der Waals surface area contributed by atoms with Crippen molar-refractivity contribution in [3.05, 3.63) is 35.4 Å². The normalized spacial score (nSPS) is 12.9. The third-order valence-electron chi connectivity index (χ3n) is 2.92. The average Bonchev–Trinajstić information content (AvgIpc) is 2.29. The van der Waals surface area contributed by atoms with Crippen molar-refractivity contribution in [3.63, 3.8) is 0 Å². The first-order valence-corrected chi connectivity index (χ1v) is 8.41. The van der Waals surface area contributed by atoms with Crippen molar-refractivity contribution >= 4 is 10.0 Å². The van der Waals surface area contributed by atoms with Crippen molar-refractivity contribution in [2.75, 3.05) is 20.6 Å². The molecule has 4 nitrogen and oxygen atoms in total. The highest BCUT2D eigenvalue weighted by atomic mass is 32.2. The van der Waals surface area contributed by atoms with Crippen LogP contribution in [0.4, 0.5) is 0 Å². The lowest BCUT2D eigenvalue weighted by atomic mass is 9.97. The molecule has 0 heterocycles. The smallest absolute Gasteiger partial charge is 0.218 e. The molecule has 0 radical (unpaired) electrons. The van der Waals surface area contributed by atoms with Crippen LogP contribution < -0.4 is 5.32 Å². The van der Waals surface area contributed by atoms with Crippen molar-refractivity contribution in [1.29, 1.82) is 0 Å². The number of sulfonamides is 1. The van der Waals surface area contributed by atoms with Crippen LogP contribution in [0.3, 0.4) is 0 Å². The van der Waals surface area contributed by atoms with E-state index in [9.17, 15) is 8.42 Å². The molecule has 0 saturated carbocycles. The van der Waals surface area contributed by atoms with Gasteiger partial charge in [0.1, 0.15) is 0 Å². The van der Waals surface area contributed by atoms with Crippen molar-refractivity contribution < 1.29 is 8.42 Å². The molecule has 1 rings (SSSR count). The fraction of sp³-hybridized carbons (Fsp3) is 0.600. The Morgan fingerprint density at radius 2 is 1.60 bits per heavy atom. The summed E-state index contributed by atoms with van der Waals surface area (Å²) in [4.78, 5) is 0. The van der Waals surface area contributed by atoms with Crippen molar-refractivity contribution in [2.45, 2.75) is 33.1 Å². The van der Waals surface area contributed by atoms with Gasteiger partial charge >= 0.3 is 0 Å². The van der Waals surface area contributed by atoms with E-state index >= 15 is 0 Å². The molecule has 114 valence electrons. The number of nitrogens with zero attached hydrogens (tertiary/aromatic N) is 1. The van der Waals surface area contributed by atoms with Crippen LogP contribution in [0.2, 0.25) is 0 Å². The van der Waals surface area contributed by atoms with Gasteiger partial charge < -0.3 is 5.32 Å². The molecule has 0 fully saturated rings. The highest BCUT2D eigenvalue weighted by Gasteiger charge is 2.23. The standard InChI is InChI=1S/C15H26N2O2S/c1-15(2,3)12-17(5)20(18,19)11-14-8-6-13(7-9-14)10-16-4/h6-9,16H,10-12H2,1-5H3. The third kappa shape index (κ3) is 5.61. The van der Waals surface area contributed by atoms with E-state index in [0.29, 0.717) is 6.54 Å². The van der Waals surface area contributed by atoms with Gasteiger partial charge in [-0.15, -0.1) is 0 Å². The summed E-state index contributed by atoms with van der Waals surface area (Å²) in [6.07, 6.45) is 0. The van der Waals surface area contributed by atoms with Gasteiger partial charge in [0.05, 0.1) is 5.75 Å². The fourth-order valence-corrected chi connectivity index (χ4v) is 3.46. The number of rotatable bonds is 6. The minimum absolute atomic E-state index is 0.0432. The zero-order valence-corrected chi connectivity index (χ0v) is 13.9. The molecule has 0 aliphatic rings. The van der Waals surface area contributed by atoms with E-state index in [4.69, 9.17) is 0 Å². The Labute approximate surface area is 123 Å². The summed E-state index contributed by atoms with van der Waals surface area (Å²) in [5.41, 5.74) is 1.93. The molecule has 5 heteroatoms. The van der Waals surface area contributed by atoms with Gasteiger partial charge in [-0.1, -0.05) is 45.0 Å². The van der Waals surface area contributed by atoms with Crippen LogP contribution in [0.5, 0.6) is 0 Å². The zero-order valence-electron chi connectivity index (χ0n) is 13.1. The lowest BCUT2D eigenvalue weighted by Gasteiger charge is -2.26. The van der Waals surface area contributed by atoms with Gasteiger partial charge in [-0.05, 0) is 23.6 Å². The summed E-state index contributed by atoms with van der Waals surface area (Å²) in [6.45, 7) is 7.41. The third-order valence-corrected chi connectivity index (χ3v) is 4.70. The largest absolute Gasteiger partial charge is 0.316 e. The van der Waals surface area contributed by atoms with E-state index in [0.717, 1.165) is 17.7 Å². The summed E-state index contributed by atoms with van der Waals surface area (Å²) >= 11 is 0. The van der Waals surface area contributed by atoms with E-state index in [-0.39, 0.29) is 11.2 Å². The first-order valence-electron chi connectivity index (χ1n) is 6.80. The van der Waals surface area contributed by atoms with Gasteiger partial charge in [-0.25, -0.2) is 12.7 Å². The van der Waals surface area contributed by atoms with Crippen molar-refractivity contribution in [3.8, 4) is 0 Å². The van der Waals surface area contributed by atoms with E-state index in [1.165, 1.54) is 4.31 Å². The molecule has 0 aromatic heterocycles. The number of nitrogens with one attached hydrogen (secondary N) is 1. The van der Waals surface area contributed by atoms with Gasteiger partial charge in [-0.3, -0.25) is 0 Å². The second kappa shape index (κ2) is 6.70. The Kier molecular flexibility index (Phi) is 5.74. The summed E-state index contributed by atoms with van der Waals surface area (Å²) in [5, 5.41) is 3.07. The minimum atomic E-state index is -3.25. The van der Waals surface area contributed by atoms with Crippen LogP contribution in [0, 0.1) is 5.41 Å². The van der Waals surface area contributed by atoms with E-state index < -0.39 is 10.0 Å². The first kappa shape index (κ1) is 17.1. The lowest BCUT2D eigenvalue weighted by molar-refractivity contribution is 0.310. The summed E-state index contributed by atoms with van der Waals surface area (Å²) < 4.78 is 26.1. The van der Waals surface area contributed by atoms with Crippen molar-refractivity contribution in [2.24, 2.45) is 5.41 Å². The molecule has 0 aliphatic heterocycles. The molecule has 0 spiro atoms. The molecule has 1 N–H and O–H groups in total. The Balaban J connectivity index is 2.75. The van der Waals surface area contributed by atoms with E-state index in [1.807, 2.05) is 52.1 Å². The summed E-state index contributed by atoms with van der Waals surface area (Å²) in [7, 11) is 0.284. The van der Waals surface area contributed by atoms with E-state index in [1.54, 1.807) is 7.05 Å². The van der Waals surface area contributed by atoms with Crippen molar-refractivity contribution in [1.82, 2.24) is 9.62 Å². The Morgan fingerprint density at radius 3 is 2.05 bits per heavy atom. The SMILES string of the molecule is CNCc1ccc(CS(=O)(=O)N(C)CC(C)(C)C)cc1. The van der Waals surface area contributed by atoms with Gasteiger partial charge in [0.25, 0.3) is 0 Å². The summed E-state index contributed by atoms with van der Waals surface area (Å²) in [5.74, 6) is 0.0550. The second-order valence-corrected chi connectivity index (χ2v) is 8.50. The molecule has 1 aromatic rings. The molecule has 0 aliphatic carbocycles. The molecule has 0 bridgehead atoms. The summed E-state index contributed by atoms with van der Waals surface area (Å²) in [6, 6.07) is 7.69. The Hall–Kier alpha value is -0.910. The predicted molar refractivity (Wildman–Crippen MR) is 83.9 cm³/mol. The van der Waals surface area contributed by atoms with Gasteiger partial charge in [-0.2, -0.15) is 0 Å². The Morgan fingerprint density at radius 1 is 1.10 bits per heavy atom. The molecular weight excluding hydrogens is 272 g/mol. The number of hydrogen-bond donors (Lipinski definition) is 1. The Bertz CT molecular complexity index is 516. The molecule has 0 unspecified atom stereocenters. The number of benzene rings is 1. The molecular formula is C15H26N2O2S. The van der Waals surface area contributed by atoms with Gasteiger partial charge in [0.15, 0.2) is 0 Å².